The first-order chi connectivity index (χ1) is 9.02. The van der Waals surface area contributed by atoms with Gasteiger partial charge in [0.1, 0.15) is 5.75 Å². The molecule has 0 aromatic heterocycles. The SMILES string of the molecule is CC(C)C(CO)NC(=O)CCOc1cccc(N)c1. The van der Waals surface area contributed by atoms with Crippen LogP contribution in [-0.4, -0.2) is 30.3 Å². The molecule has 0 aliphatic rings. The van der Waals surface area contributed by atoms with Crippen LogP contribution in [0.2, 0.25) is 0 Å². The Hall–Kier alpha value is -1.75. The average molecular weight is 266 g/mol. The van der Waals surface area contributed by atoms with Gasteiger partial charge in [0.2, 0.25) is 5.91 Å². The number of hydrogen-bond acceptors (Lipinski definition) is 4. The number of hydrogen-bond donors (Lipinski definition) is 3. The number of amides is 1. The Morgan fingerprint density at radius 1 is 1.47 bits per heavy atom. The third-order valence-corrected chi connectivity index (χ3v) is 2.80. The summed E-state index contributed by atoms with van der Waals surface area (Å²) < 4.78 is 5.43. The third kappa shape index (κ3) is 5.61. The topological polar surface area (TPSA) is 84.6 Å². The fraction of sp³-hybridized carbons (Fsp3) is 0.500. The highest BCUT2D eigenvalue weighted by molar-refractivity contribution is 5.76. The summed E-state index contributed by atoms with van der Waals surface area (Å²) in [5.41, 5.74) is 6.25. The molecule has 19 heavy (non-hydrogen) atoms. The van der Waals surface area contributed by atoms with Crippen LogP contribution in [0.4, 0.5) is 5.69 Å². The maximum atomic E-state index is 11.6. The molecule has 1 aromatic carbocycles. The Morgan fingerprint density at radius 3 is 2.79 bits per heavy atom. The van der Waals surface area contributed by atoms with E-state index < -0.39 is 0 Å². The highest BCUT2D eigenvalue weighted by atomic mass is 16.5. The number of rotatable bonds is 7. The van der Waals surface area contributed by atoms with Crippen molar-refractivity contribution in [2.24, 2.45) is 5.92 Å². The second-order valence-electron chi connectivity index (χ2n) is 4.77. The maximum absolute atomic E-state index is 11.6. The molecule has 1 atom stereocenters. The van der Waals surface area contributed by atoms with E-state index >= 15 is 0 Å². The van der Waals surface area contributed by atoms with Gasteiger partial charge in [-0.3, -0.25) is 4.79 Å². The summed E-state index contributed by atoms with van der Waals surface area (Å²) in [6.45, 7) is 4.12. The van der Waals surface area contributed by atoms with Gasteiger partial charge < -0.3 is 20.9 Å². The summed E-state index contributed by atoms with van der Waals surface area (Å²) in [7, 11) is 0. The number of aliphatic hydroxyl groups is 1. The fourth-order valence-electron chi connectivity index (χ4n) is 1.57. The van der Waals surface area contributed by atoms with Crippen LogP contribution in [0.3, 0.4) is 0 Å². The number of aliphatic hydroxyl groups excluding tert-OH is 1. The number of nitrogens with one attached hydrogen (secondary N) is 1. The Bertz CT molecular complexity index is 407. The lowest BCUT2D eigenvalue weighted by Gasteiger charge is -2.19. The van der Waals surface area contributed by atoms with Crippen LogP contribution >= 0.6 is 0 Å². The van der Waals surface area contributed by atoms with E-state index in [-0.39, 0.29) is 37.5 Å². The van der Waals surface area contributed by atoms with E-state index in [1.54, 1.807) is 24.3 Å². The van der Waals surface area contributed by atoms with Crippen LogP contribution in [0.15, 0.2) is 24.3 Å². The first kappa shape index (κ1) is 15.3. The molecule has 106 valence electrons. The zero-order valence-corrected chi connectivity index (χ0v) is 11.4. The molecule has 1 rings (SSSR count). The smallest absolute Gasteiger partial charge is 0.223 e. The molecule has 0 radical (unpaired) electrons. The summed E-state index contributed by atoms with van der Waals surface area (Å²) >= 11 is 0. The van der Waals surface area contributed by atoms with E-state index in [0.717, 1.165) is 0 Å². The van der Waals surface area contributed by atoms with Crippen molar-refractivity contribution < 1.29 is 14.6 Å². The molecular formula is C14H22N2O3. The number of nitrogen functional groups attached to an aromatic ring is 1. The number of anilines is 1. The highest BCUT2D eigenvalue weighted by Gasteiger charge is 2.14. The van der Waals surface area contributed by atoms with Crippen LogP contribution in [0.1, 0.15) is 20.3 Å². The molecule has 0 saturated carbocycles. The molecule has 0 spiro atoms. The Balaban J connectivity index is 2.31. The summed E-state index contributed by atoms with van der Waals surface area (Å²) in [4.78, 5) is 11.6. The van der Waals surface area contributed by atoms with Crippen molar-refractivity contribution in [2.45, 2.75) is 26.3 Å². The summed E-state index contributed by atoms with van der Waals surface area (Å²) in [5, 5.41) is 11.9. The lowest BCUT2D eigenvalue weighted by Crippen LogP contribution is -2.41. The van der Waals surface area contributed by atoms with Gasteiger partial charge in [-0.15, -0.1) is 0 Å². The molecule has 1 unspecified atom stereocenters. The van der Waals surface area contributed by atoms with Crippen molar-refractivity contribution >= 4 is 11.6 Å². The number of ether oxygens (including phenoxy) is 1. The predicted molar refractivity (Wildman–Crippen MR) is 74.8 cm³/mol. The summed E-state index contributed by atoms with van der Waals surface area (Å²) in [6, 6.07) is 6.86. The minimum absolute atomic E-state index is 0.0561. The average Bonchev–Trinajstić information content (AvgIpc) is 2.35. The van der Waals surface area contributed by atoms with Crippen molar-refractivity contribution in [3.05, 3.63) is 24.3 Å². The predicted octanol–water partition coefficient (Wildman–Crippen LogP) is 1.17. The normalized spacial score (nSPS) is 12.2. The lowest BCUT2D eigenvalue weighted by atomic mass is 10.1. The van der Waals surface area contributed by atoms with E-state index in [9.17, 15) is 4.79 Å². The number of nitrogens with two attached hydrogens (primary N) is 1. The van der Waals surface area contributed by atoms with Gasteiger partial charge in [0.15, 0.2) is 0 Å². The second kappa shape index (κ2) is 7.63. The molecule has 5 heteroatoms. The van der Waals surface area contributed by atoms with Crippen LogP contribution in [-0.2, 0) is 4.79 Å². The van der Waals surface area contributed by atoms with Crippen LogP contribution in [0.5, 0.6) is 5.75 Å². The summed E-state index contributed by atoms with van der Waals surface area (Å²) in [6.07, 6.45) is 0.248. The molecule has 4 N–H and O–H groups in total. The first-order valence-electron chi connectivity index (χ1n) is 6.41. The van der Waals surface area contributed by atoms with Gasteiger partial charge in [-0.25, -0.2) is 0 Å². The van der Waals surface area contributed by atoms with Crippen molar-refractivity contribution in [1.29, 1.82) is 0 Å². The number of benzene rings is 1. The van der Waals surface area contributed by atoms with Crippen LogP contribution in [0.25, 0.3) is 0 Å². The van der Waals surface area contributed by atoms with Crippen molar-refractivity contribution in [1.82, 2.24) is 5.32 Å². The van der Waals surface area contributed by atoms with Crippen LogP contribution < -0.4 is 15.8 Å². The van der Waals surface area contributed by atoms with Crippen molar-refractivity contribution in [3.63, 3.8) is 0 Å². The quantitative estimate of drug-likeness (QED) is 0.647. The first-order valence-corrected chi connectivity index (χ1v) is 6.41. The van der Waals surface area contributed by atoms with Crippen molar-refractivity contribution in [3.8, 4) is 5.75 Å². The molecule has 1 amide bonds. The van der Waals surface area contributed by atoms with E-state index in [2.05, 4.69) is 5.32 Å². The molecule has 0 bridgehead atoms. The zero-order chi connectivity index (χ0) is 14.3. The molecule has 0 fully saturated rings. The molecule has 0 saturated heterocycles. The molecule has 1 aromatic rings. The van der Waals surface area contributed by atoms with E-state index in [1.807, 2.05) is 13.8 Å². The maximum Gasteiger partial charge on any atom is 0.223 e. The lowest BCUT2D eigenvalue weighted by molar-refractivity contribution is -0.122. The second-order valence-corrected chi connectivity index (χ2v) is 4.77. The molecular weight excluding hydrogens is 244 g/mol. The van der Waals surface area contributed by atoms with Gasteiger partial charge in [-0.05, 0) is 18.1 Å². The van der Waals surface area contributed by atoms with Gasteiger partial charge in [0.25, 0.3) is 0 Å². The molecule has 0 aliphatic heterocycles. The molecule has 0 aliphatic carbocycles. The van der Waals surface area contributed by atoms with Gasteiger partial charge in [-0.2, -0.15) is 0 Å². The Labute approximate surface area is 113 Å². The minimum Gasteiger partial charge on any atom is -0.493 e. The van der Waals surface area contributed by atoms with E-state index in [4.69, 9.17) is 15.6 Å². The highest BCUT2D eigenvalue weighted by Crippen LogP contribution is 2.14. The zero-order valence-electron chi connectivity index (χ0n) is 11.4. The molecule has 0 heterocycles. The van der Waals surface area contributed by atoms with Gasteiger partial charge in [0, 0.05) is 11.8 Å². The van der Waals surface area contributed by atoms with Gasteiger partial charge >= 0.3 is 0 Å². The van der Waals surface area contributed by atoms with Crippen LogP contribution in [0, 0.1) is 5.92 Å². The number of carbonyl (C=O) groups is 1. The van der Waals surface area contributed by atoms with Gasteiger partial charge in [-0.1, -0.05) is 19.9 Å². The van der Waals surface area contributed by atoms with Gasteiger partial charge in [0.05, 0.1) is 25.7 Å². The fourth-order valence-corrected chi connectivity index (χ4v) is 1.57. The van der Waals surface area contributed by atoms with E-state index in [0.29, 0.717) is 11.4 Å². The monoisotopic (exact) mass is 266 g/mol. The largest absolute Gasteiger partial charge is 0.493 e. The van der Waals surface area contributed by atoms with Crippen molar-refractivity contribution in [2.75, 3.05) is 18.9 Å². The Morgan fingerprint density at radius 2 is 2.21 bits per heavy atom. The van der Waals surface area contributed by atoms with E-state index in [1.165, 1.54) is 0 Å². The standard InChI is InChI=1S/C14H22N2O3/c1-10(2)13(9-17)16-14(18)6-7-19-12-5-3-4-11(15)8-12/h3-5,8,10,13,17H,6-7,9,15H2,1-2H3,(H,16,18). The molecule has 5 nitrogen and oxygen atoms in total. The number of carbonyl (C=O) groups excluding carboxylic acids is 1. The minimum atomic E-state index is -0.208. The Kier molecular flexibility index (Phi) is 6.15. The third-order valence-electron chi connectivity index (χ3n) is 2.80. The summed E-state index contributed by atoms with van der Waals surface area (Å²) in [5.74, 6) is 0.718.